The lowest BCUT2D eigenvalue weighted by atomic mass is 10.1. The van der Waals surface area contributed by atoms with Gasteiger partial charge >= 0.3 is 0 Å². The van der Waals surface area contributed by atoms with Crippen LogP contribution in [0.15, 0.2) is 22.7 Å². The Morgan fingerprint density at radius 3 is 3.00 bits per heavy atom. The van der Waals surface area contributed by atoms with Crippen LogP contribution < -0.4 is 5.32 Å². The van der Waals surface area contributed by atoms with Crippen LogP contribution in [0.4, 0.5) is 5.69 Å². The van der Waals surface area contributed by atoms with Crippen LogP contribution in [0.25, 0.3) is 0 Å². The van der Waals surface area contributed by atoms with Gasteiger partial charge in [-0.2, -0.15) is 11.8 Å². The minimum absolute atomic E-state index is 0.124. The first-order valence-corrected chi connectivity index (χ1v) is 7.85. The molecule has 98 valence electrons. The van der Waals surface area contributed by atoms with Crippen molar-refractivity contribution in [2.24, 2.45) is 0 Å². The fourth-order valence-electron chi connectivity index (χ4n) is 1.95. The first-order chi connectivity index (χ1) is 8.66. The second-order valence-corrected chi connectivity index (χ2v) is 6.33. The molecule has 1 aliphatic heterocycles. The van der Waals surface area contributed by atoms with Gasteiger partial charge in [0.1, 0.15) is 0 Å². The second-order valence-electron chi connectivity index (χ2n) is 4.33. The summed E-state index contributed by atoms with van der Waals surface area (Å²) in [6.07, 6.45) is 2.49. The predicted octanol–water partition coefficient (Wildman–Crippen LogP) is 3.34. The van der Waals surface area contributed by atoms with E-state index >= 15 is 0 Å². The van der Waals surface area contributed by atoms with E-state index in [0.717, 1.165) is 22.3 Å². The summed E-state index contributed by atoms with van der Waals surface area (Å²) >= 11 is 5.38. The Morgan fingerprint density at radius 1 is 1.56 bits per heavy atom. The van der Waals surface area contributed by atoms with Crippen LogP contribution in [-0.4, -0.2) is 22.5 Å². The first-order valence-electron chi connectivity index (χ1n) is 5.91. The molecule has 1 unspecified atom stereocenters. The van der Waals surface area contributed by atoms with Crippen LogP contribution in [0.5, 0.6) is 0 Å². The van der Waals surface area contributed by atoms with Crippen molar-refractivity contribution in [1.29, 1.82) is 0 Å². The zero-order chi connectivity index (χ0) is 13.0. The van der Waals surface area contributed by atoms with Crippen LogP contribution in [0.3, 0.4) is 0 Å². The van der Waals surface area contributed by atoms with Gasteiger partial charge in [0, 0.05) is 34.9 Å². The van der Waals surface area contributed by atoms with E-state index in [0.29, 0.717) is 6.04 Å². The molecule has 0 aliphatic carbocycles. The summed E-state index contributed by atoms with van der Waals surface area (Å²) in [5.74, 6) is 2.42. The van der Waals surface area contributed by atoms with Gasteiger partial charge in [-0.3, -0.25) is 10.1 Å². The zero-order valence-corrected chi connectivity index (χ0v) is 12.3. The van der Waals surface area contributed by atoms with Gasteiger partial charge in [0.05, 0.1) is 4.92 Å². The van der Waals surface area contributed by atoms with Crippen molar-refractivity contribution >= 4 is 33.4 Å². The van der Waals surface area contributed by atoms with E-state index < -0.39 is 0 Å². The number of rotatable bonds is 4. The quantitative estimate of drug-likeness (QED) is 0.679. The zero-order valence-electron chi connectivity index (χ0n) is 9.89. The number of thioether (sulfide) groups is 1. The third-order valence-electron chi connectivity index (χ3n) is 2.99. The predicted molar refractivity (Wildman–Crippen MR) is 78.0 cm³/mol. The molecule has 0 saturated carbocycles. The Kier molecular flexibility index (Phi) is 5.03. The number of nitro benzene ring substituents is 1. The smallest absolute Gasteiger partial charge is 0.270 e. The maximum absolute atomic E-state index is 10.6. The molecule has 0 amide bonds. The van der Waals surface area contributed by atoms with Crippen molar-refractivity contribution in [2.75, 3.05) is 11.5 Å². The van der Waals surface area contributed by atoms with Gasteiger partial charge in [0.15, 0.2) is 0 Å². The molecule has 4 nitrogen and oxygen atoms in total. The fourth-order valence-corrected chi connectivity index (χ4v) is 3.56. The number of nitrogens with zero attached hydrogens (tertiary/aromatic N) is 1. The minimum atomic E-state index is -0.375. The topological polar surface area (TPSA) is 55.2 Å². The highest BCUT2D eigenvalue weighted by molar-refractivity contribution is 9.10. The summed E-state index contributed by atoms with van der Waals surface area (Å²) in [5.41, 5.74) is 1.19. The first kappa shape index (κ1) is 13.8. The summed E-state index contributed by atoms with van der Waals surface area (Å²) < 4.78 is 0.799. The lowest BCUT2D eigenvalue weighted by Crippen LogP contribution is -2.33. The molecule has 18 heavy (non-hydrogen) atoms. The number of benzene rings is 1. The molecule has 1 N–H and O–H groups in total. The number of hydrogen-bond donors (Lipinski definition) is 1. The van der Waals surface area contributed by atoms with Gasteiger partial charge in [-0.05, 0) is 30.2 Å². The van der Waals surface area contributed by atoms with Gasteiger partial charge in [-0.1, -0.05) is 15.9 Å². The van der Waals surface area contributed by atoms with E-state index in [1.54, 1.807) is 12.1 Å². The van der Waals surface area contributed by atoms with Crippen molar-refractivity contribution in [3.63, 3.8) is 0 Å². The molecule has 1 atom stereocenters. The normalized spacial score (nSPS) is 19.7. The largest absolute Gasteiger partial charge is 0.309 e. The molecule has 1 aromatic rings. The maximum atomic E-state index is 10.6. The summed E-state index contributed by atoms with van der Waals surface area (Å²) in [5, 5.41) is 14.1. The molecule has 1 aliphatic rings. The molecule has 1 saturated heterocycles. The molecule has 0 spiro atoms. The van der Waals surface area contributed by atoms with Gasteiger partial charge in [-0.15, -0.1) is 0 Å². The van der Waals surface area contributed by atoms with Crippen LogP contribution >= 0.6 is 27.7 Å². The van der Waals surface area contributed by atoms with Crippen molar-refractivity contribution in [2.45, 2.75) is 25.4 Å². The van der Waals surface area contributed by atoms with Crippen LogP contribution in [-0.2, 0) is 6.54 Å². The Morgan fingerprint density at radius 2 is 2.39 bits per heavy atom. The van der Waals surface area contributed by atoms with Crippen LogP contribution in [0.1, 0.15) is 18.4 Å². The SMILES string of the molecule is O=[N+]([O-])c1ccc(CNC2CCCSC2)c(Br)c1. The molecular formula is C12H15BrN2O2S. The molecule has 0 aromatic heterocycles. The molecule has 1 heterocycles. The summed E-state index contributed by atoms with van der Waals surface area (Å²) in [6.45, 7) is 0.754. The number of nitrogens with one attached hydrogen (secondary N) is 1. The van der Waals surface area contributed by atoms with E-state index in [1.807, 2.05) is 17.8 Å². The maximum Gasteiger partial charge on any atom is 0.270 e. The highest BCUT2D eigenvalue weighted by atomic mass is 79.9. The lowest BCUT2D eigenvalue weighted by Gasteiger charge is -2.22. The lowest BCUT2D eigenvalue weighted by molar-refractivity contribution is -0.384. The van der Waals surface area contributed by atoms with E-state index in [2.05, 4.69) is 21.2 Å². The van der Waals surface area contributed by atoms with Crippen molar-refractivity contribution < 1.29 is 4.92 Å². The highest BCUT2D eigenvalue weighted by Crippen LogP contribution is 2.23. The Bertz CT molecular complexity index is 436. The second kappa shape index (κ2) is 6.54. The Balaban J connectivity index is 1.94. The molecule has 2 rings (SSSR count). The highest BCUT2D eigenvalue weighted by Gasteiger charge is 2.14. The Hall–Kier alpha value is -0.590. The molecular weight excluding hydrogens is 316 g/mol. The van der Waals surface area contributed by atoms with E-state index in [9.17, 15) is 10.1 Å². The molecule has 6 heteroatoms. The summed E-state index contributed by atoms with van der Waals surface area (Å²) in [6, 6.07) is 5.49. The molecule has 1 fully saturated rings. The van der Waals surface area contributed by atoms with E-state index in [-0.39, 0.29) is 10.6 Å². The number of nitro groups is 1. The van der Waals surface area contributed by atoms with Crippen molar-refractivity contribution in [1.82, 2.24) is 5.32 Å². The van der Waals surface area contributed by atoms with Gasteiger partial charge < -0.3 is 5.32 Å². The van der Waals surface area contributed by atoms with Gasteiger partial charge in [0.25, 0.3) is 5.69 Å². The Labute approximate surface area is 119 Å². The number of non-ortho nitro benzene ring substituents is 1. The van der Waals surface area contributed by atoms with Crippen molar-refractivity contribution in [3.05, 3.63) is 38.3 Å². The van der Waals surface area contributed by atoms with Gasteiger partial charge in [0.2, 0.25) is 0 Å². The van der Waals surface area contributed by atoms with Crippen molar-refractivity contribution in [3.8, 4) is 0 Å². The standard InChI is InChI=1S/C12H15BrN2O2S/c13-12-6-11(15(16)17)4-3-9(12)7-14-10-2-1-5-18-8-10/h3-4,6,10,14H,1-2,5,7-8H2. The summed E-state index contributed by atoms with van der Waals surface area (Å²) in [4.78, 5) is 10.3. The third kappa shape index (κ3) is 3.70. The van der Waals surface area contributed by atoms with Crippen LogP contribution in [0.2, 0.25) is 0 Å². The molecule has 1 aromatic carbocycles. The van der Waals surface area contributed by atoms with E-state index in [1.165, 1.54) is 18.6 Å². The number of halogens is 1. The van der Waals surface area contributed by atoms with Gasteiger partial charge in [-0.25, -0.2) is 0 Å². The van der Waals surface area contributed by atoms with E-state index in [4.69, 9.17) is 0 Å². The average molecular weight is 331 g/mol. The molecule has 0 radical (unpaired) electrons. The molecule has 0 bridgehead atoms. The van der Waals surface area contributed by atoms with Crippen LogP contribution in [0, 0.1) is 10.1 Å². The fraction of sp³-hybridized carbons (Fsp3) is 0.500. The minimum Gasteiger partial charge on any atom is -0.309 e. The number of hydrogen-bond acceptors (Lipinski definition) is 4. The monoisotopic (exact) mass is 330 g/mol. The third-order valence-corrected chi connectivity index (χ3v) is 4.94. The average Bonchev–Trinajstić information content (AvgIpc) is 2.38. The summed E-state index contributed by atoms with van der Waals surface area (Å²) in [7, 11) is 0.